The summed E-state index contributed by atoms with van der Waals surface area (Å²) in [6.45, 7) is 4.04. The molecule has 0 fully saturated rings. The van der Waals surface area contributed by atoms with Crippen molar-refractivity contribution in [2.45, 2.75) is 24.2 Å². The van der Waals surface area contributed by atoms with Gasteiger partial charge in [0.05, 0.1) is 6.61 Å². The van der Waals surface area contributed by atoms with Gasteiger partial charge in [-0.15, -0.1) is 5.10 Å². The van der Waals surface area contributed by atoms with E-state index in [-0.39, 0.29) is 12.2 Å². The average molecular weight is 340 g/mol. The van der Waals surface area contributed by atoms with Gasteiger partial charge in [-0.2, -0.15) is 4.98 Å². The van der Waals surface area contributed by atoms with Crippen LogP contribution in [0.5, 0.6) is 0 Å². The van der Waals surface area contributed by atoms with Gasteiger partial charge in [-0.3, -0.25) is 0 Å². The third kappa shape index (κ3) is 4.10. The van der Waals surface area contributed by atoms with E-state index in [0.29, 0.717) is 22.1 Å². The van der Waals surface area contributed by atoms with Crippen LogP contribution in [0.3, 0.4) is 0 Å². The number of carbonyl (C=O) groups is 1. The normalized spacial score (nSPS) is 10.5. The van der Waals surface area contributed by atoms with E-state index in [0.717, 1.165) is 5.75 Å². The maximum absolute atomic E-state index is 12.0. The number of nitrogens with one attached hydrogen (secondary N) is 2. The quantitative estimate of drug-likeness (QED) is 0.446. The third-order valence-corrected chi connectivity index (χ3v) is 3.71. The molecule has 2 N–H and O–H groups in total. The molecule has 10 heteroatoms. The summed E-state index contributed by atoms with van der Waals surface area (Å²) in [7, 11) is 0. The Labute approximate surface area is 136 Å². The van der Waals surface area contributed by atoms with E-state index in [1.54, 1.807) is 6.92 Å². The molecule has 2 aromatic heterocycles. The summed E-state index contributed by atoms with van der Waals surface area (Å²) in [4.78, 5) is 24.6. The van der Waals surface area contributed by atoms with Crippen molar-refractivity contribution in [2.24, 2.45) is 0 Å². The smallest absolute Gasteiger partial charge is 0.343 e. The summed E-state index contributed by atoms with van der Waals surface area (Å²) in [5.41, 5.74) is 0.251. The number of nitrogens with zero attached hydrogens (tertiary/aromatic N) is 4. The van der Waals surface area contributed by atoms with Gasteiger partial charge in [0.15, 0.2) is 11.0 Å². The molecule has 0 aromatic carbocycles. The molecule has 0 aliphatic carbocycles. The third-order valence-electron chi connectivity index (χ3n) is 2.42. The molecule has 0 aliphatic rings. The molecule has 0 bridgehead atoms. The number of ether oxygens (including phenoxy) is 1. The second-order valence-electron chi connectivity index (χ2n) is 3.86. The number of esters is 1. The van der Waals surface area contributed by atoms with E-state index in [2.05, 4.69) is 30.5 Å². The number of aromatic amines is 1. The lowest BCUT2D eigenvalue weighted by Gasteiger charge is -2.08. The zero-order chi connectivity index (χ0) is 15.9. The fourth-order valence-electron chi connectivity index (χ4n) is 1.53. The van der Waals surface area contributed by atoms with Crippen molar-refractivity contribution in [1.29, 1.82) is 0 Å². The van der Waals surface area contributed by atoms with Crippen LogP contribution in [0.25, 0.3) is 0 Å². The highest BCUT2D eigenvalue weighted by Gasteiger charge is 2.17. The summed E-state index contributed by atoms with van der Waals surface area (Å²) in [5, 5.41) is 10.9. The van der Waals surface area contributed by atoms with Crippen molar-refractivity contribution in [3.05, 3.63) is 11.8 Å². The molecule has 0 aliphatic heterocycles. The summed E-state index contributed by atoms with van der Waals surface area (Å²) in [6, 6.07) is 0. The van der Waals surface area contributed by atoms with Crippen LogP contribution < -0.4 is 5.32 Å². The molecule has 0 saturated carbocycles. The highest BCUT2D eigenvalue weighted by atomic mass is 32.2. The van der Waals surface area contributed by atoms with Crippen molar-refractivity contribution < 1.29 is 9.53 Å². The summed E-state index contributed by atoms with van der Waals surface area (Å²) in [6.07, 6.45) is 3.30. The van der Waals surface area contributed by atoms with Crippen molar-refractivity contribution in [2.75, 3.05) is 23.9 Å². The molecule has 0 spiro atoms. The zero-order valence-corrected chi connectivity index (χ0v) is 14.0. The Morgan fingerprint density at radius 3 is 2.86 bits per heavy atom. The van der Waals surface area contributed by atoms with E-state index in [1.807, 2.05) is 13.2 Å². The first-order valence-electron chi connectivity index (χ1n) is 6.58. The molecule has 0 atom stereocenters. The first-order valence-corrected chi connectivity index (χ1v) is 8.79. The second kappa shape index (κ2) is 7.99. The molecule has 0 unspecified atom stereocenters. The lowest BCUT2D eigenvalue weighted by atomic mass is 10.3. The van der Waals surface area contributed by atoms with Crippen molar-refractivity contribution in [3.8, 4) is 0 Å². The minimum Gasteiger partial charge on any atom is -0.462 e. The fourth-order valence-corrected chi connectivity index (χ4v) is 2.39. The van der Waals surface area contributed by atoms with Crippen LogP contribution in [0.1, 0.15) is 24.2 Å². The van der Waals surface area contributed by atoms with Gasteiger partial charge in [0, 0.05) is 6.20 Å². The van der Waals surface area contributed by atoms with Crippen molar-refractivity contribution in [3.63, 3.8) is 0 Å². The number of hydrogen-bond donors (Lipinski definition) is 2. The molecular weight excluding hydrogens is 324 g/mol. The van der Waals surface area contributed by atoms with Gasteiger partial charge in [0.2, 0.25) is 11.1 Å². The molecule has 22 heavy (non-hydrogen) atoms. The lowest BCUT2D eigenvalue weighted by Crippen LogP contribution is -2.11. The monoisotopic (exact) mass is 340 g/mol. The largest absolute Gasteiger partial charge is 0.462 e. The van der Waals surface area contributed by atoms with Crippen LogP contribution in [0.2, 0.25) is 0 Å². The van der Waals surface area contributed by atoms with Crippen LogP contribution in [0.4, 0.5) is 11.8 Å². The van der Waals surface area contributed by atoms with Gasteiger partial charge in [-0.05, 0) is 18.9 Å². The Balaban J connectivity index is 2.27. The number of H-pyrrole nitrogens is 1. The van der Waals surface area contributed by atoms with Crippen molar-refractivity contribution in [1.82, 2.24) is 25.1 Å². The van der Waals surface area contributed by atoms with Gasteiger partial charge in [-0.1, -0.05) is 30.4 Å². The van der Waals surface area contributed by atoms with E-state index >= 15 is 0 Å². The number of rotatable bonds is 7. The van der Waals surface area contributed by atoms with E-state index < -0.39 is 5.97 Å². The van der Waals surface area contributed by atoms with Gasteiger partial charge in [0.25, 0.3) is 0 Å². The number of aromatic nitrogens is 5. The second-order valence-corrected chi connectivity index (χ2v) is 5.87. The predicted octanol–water partition coefficient (Wildman–Crippen LogP) is 2.35. The number of hydrogen-bond acceptors (Lipinski definition) is 9. The SMILES string of the molecule is CCOC(=O)c1cnc(SC)nc1Nc1nc(SCC)n[nH]1. The van der Waals surface area contributed by atoms with Gasteiger partial charge < -0.3 is 10.1 Å². The Kier molecular flexibility index (Phi) is 6.01. The van der Waals surface area contributed by atoms with Crippen LogP contribution >= 0.6 is 23.5 Å². The number of anilines is 2. The van der Waals surface area contributed by atoms with E-state index in [1.165, 1.54) is 29.7 Å². The molecule has 0 amide bonds. The summed E-state index contributed by atoms with van der Waals surface area (Å²) < 4.78 is 5.01. The Hall–Kier alpha value is -1.81. The predicted molar refractivity (Wildman–Crippen MR) is 85.8 cm³/mol. The van der Waals surface area contributed by atoms with Gasteiger partial charge >= 0.3 is 5.97 Å². The highest BCUT2D eigenvalue weighted by Crippen LogP contribution is 2.21. The molecule has 0 saturated heterocycles. The van der Waals surface area contributed by atoms with E-state index in [9.17, 15) is 4.79 Å². The maximum Gasteiger partial charge on any atom is 0.343 e. The first kappa shape index (κ1) is 16.6. The minimum absolute atomic E-state index is 0.251. The maximum atomic E-state index is 12.0. The van der Waals surface area contributed by atoms with Crippen LogP contribution in [-0.4, -0.2) is 49.7 Å². The highest BCUT2D eigenvalue weighted by molar-refractivity contribution is 7.99. The van der Waals surface area contributed by atoms with Crippen molar-refractivity contribution >= 4 is 41.3 Å². The lowest BCUT2D eigenvalue weighted by molar-refractivity contribution is 0.0526. The minimum atomic E-state index is -0.486. The number of carbonyl (C=O) groups excluding carboxylic acids is 1. The van der Waals surface area contributed by atoms with E-state index in [4.69, 9.17) is 4.74 Å². The molecular formula is C12H16N6O2S2. The summed E-state index contributed by atoms with van der Waals surface area (Å²) >= 11 is 2.89. The Bertz CT molecular complexity index is 648. The first-order chi connectivity index (χ1) is 10.7. The molecule has 2 heterocycles. The van der Waals surface area contributed by atoms with Crippen LogP contribution in [0.15, 0.2) is 16.5 Å². The molecule has 2 aromatic rings. The Morgan fingerprint density at radius 1 is 1.36 bits per heavy atom. The molecule has 2 rings (SSSR count). The number of thioether (sulfide) groups is 2. The van der Waals surface area contributed by atoms with Gasteiger partial charge in [-0.25, -0.2) is 19.9 Å². The summed E-state index contributed by atoms with van der Waals surface area (Å²) in [5.74, 6) is 1.13. The Morgan fingerprint density at radius 2 is 2.18 bits per heavy atom. The zero-order valence-electron chi connectivity index (χ0n) is 12.4. The molecule has 8 nitrogen and oxygen atoms in total. The standard InChI is InChI=1S/C12H16N6O2S2/c1-4-20-9(19)7-6-13-11(21-3)15-8(7)14-10-16-12(18-17-10)22-5-2/h6H,4-5H2,1-3H3,(H2,13,14,15,16,17,18). The molecule has 118 valence electrons. The fraction of sp³-hybridized carbons (Fsp3) is 0.417. The van der Waals surface area contributed by atoms with Crippen LogP contribution in [-0.2, 0) is 4.74 Å². The van der Waals surface area contributed by atoms with Crippen LogP contribution in [0, 0.1) is 0 Å². The molecule has 0 radical (unpaired) electrons. The topological polar surface area (TPSA) is 106 Å². The average Bonchev–Trinajstić information content (AvgIpc) is 2.95. The van der Waals surface area contributed by atoms with Gasteiger partial charge in [0.1, 0.15) is 5.56 Å².